The number of nitrogens with two attached hydrogens (primary N) is 1. The molecular weight excluding hydrogens is 204 g/mol. The van der Waals surface area contributed by atoms with Gasteiger partial charge in [0.1, 0.15) is 0 Å². The monoisotopic (exact) mass is 224 g/mol. The van der Waals surface area contributed by atoms with Gasteiger partial charge in [-0.3, -0.25) is 9.48 Å². The van der Waals surface area contributed by atoms with Gasteiger partial charge < -0.3 is 11.1 Å². The van der Waals surface area contributed by atoms with Crippen molar-refractivity contribution in [2.45, 2.75) is 45.7 Å². The van der Waals surface area contributed by atoms with E-state index < -0.39 is 5.54 Å². The van der Waals surface area contributed by atoms with Crippen LogP contribution in [0.3, 0.4) is 0 Å². The molecule has 0 aromatic carbocycles. The molecule has 1 aromatic rings. The van der Waals surface area contributed by atoms with Crippen molar-refractivity contribution in [3.05, 3.63) is 12.4 Å². The number of anilines is 1. The summed E-state index contributed by atoms with van der Waals surface area (Å²) < 4.78 is 1.76. The standard InChI is InChI=1S/C11H20N4O/c1-4-11(12,5-2)10(16)14-9-7-13-15(6-3)8-9/h7-8H,4-6,12H2,1-3H3,(H,14,16). The van der Waals surface area contributed by atoms with Crippen molar-refractivity contribution in [2.75, 3.05) is 5.32 Å². The Balaban J connectivity index is 2.70. The molecule has 0 aliphatic heterocycles. The zero-order valence-corrected chi connectivity index (χ0v) is 10.2. The van der Waals surface area contributed by atoms with Crippen molar-refractivity contribution in [1.82, 2.24) is 9.78 Å². The minimum absolute atomic E-state index is 0.145. The predicted octanol–water partition coefficient (Wildman–Crippen LogP) is 1.36. The van der Waals surface area contributed by atoms with E-state index in [1.165, 1.54) is 0 Å². The number of hydrogen-bond donors (Lipinski definition) is 2. The molecule has 3 N–H and O–H groups in total. The number of nitrogens with one attached hydrogen (secondary N) is 1. The minimum atomic E-state index is -0.783. The highest BCUT2D eigenvalue weighted by Crippen LogP contribution is 2.15. The third-order valence-corrected chi connectivity index (χ3v) is 2.93. The average Bonchev–Trinajstić information content (AvgIpc) is 2.75. The highest BCUT2D eigenvalue weighted by Gasteiger charge is 2.29. The maximum atomic E-state index is 11.9. The van der Waals surface area contributed by atoms with Gasteiger partial charge in [-0.1, -0.05) is 13.8 Å². The van der Waals surface area contributed by atoms with Crippen molar-refractivity contribution in [2.24, 2.45) is 5.73 Å². The van der Waals surface area contributed by atoms with Crippen LogP contribution < -0.4 is 11.1 Å². The van der Waals surface area contributed by atoms with Gasteiger partial charge in [0.2, 0.25) is 5.91 Å². The Kier molecular flexibility index (Phi) is 4.06. The molecule has 90 valence electrons. The summed E-state index contributed by atoms with van der Waals surface area (Å²) in [7, 11) is 0. The molecule has 0 aliphatic rings. The second-order valence-electron chi connectivity index (χ2n) is 3.90. The van der Waals surface area contributed by atoms with E-state index in [1.807, 2.05) is 20.8 Å². The van der Waals surface area contributed by atoms with Crippen molar-refractivity contribution >= 4 is 11.6 Å². The van der Waals surface area contributed by atoms with Crippen LogP contribution in [-0.4, -0.2) is 21.2 Å². The topological polar surface area (TPSA) is 72.9 Å². The maximum absolute atomic E-state index is 11.9. The summed E-state index contributed by atoms with van der Waals surface area (Å²) in [5, 5.41) is 6.87. The fourth-order valence-corrected chi connectivity index (χ4v) is 1.43. The molecule has 1 rings (SSSR count). The van der Waals surface area contributed by atoms with Crippen LogP contribution in [0, 0.1) is 0 Å². The molecule has 1 heterocycles. The van der Waals surface area contributed by atoms with Gasteiger partial charge in [0.25, 0.3) is 0 Å². The third-order valence-electron chi connectivity index (χ3n) is 2.93. The van der Waals surface area contributed by atoms with Crippen LogP contribution in [0.2, 0.25) is 0 Å². The zero-order chi connectivity index (χ0) is 12.2. The van der Waals surface area contributed by atoms with E-state index >= 15 is 0 Å². The molecular formula is C11H20N4O. The largest absolute Gasteiger partial charge is 0.322 e. The molecule has 1 aromatic heterocycles. The van der Waals surface area contributed by atoms with Gasteiger partial charge >= 0.3 is 0 Å². The normalized spacial score (nSPS) is 11.5. The fourth-order valence-electron chi connectivity index (χ4n) is 1.43. The lowest BCUT2D eigenvalue weighted by molar-refractivity contribution is -0.121. The summed E-state index contributed by atoms with van der Waals surface area (Å²) in [5.74, 6) is -0.145. The first-order chi connectivity index (χ1) is 7.55. The van der Waals surface area contributed by atoms with Gasteiger partial charge in [-0.05, 0) is 19.8 Å². The maximum Gasteiger partial charge on any atom is 0.244 e. The Labute approximate surface area is 96.0 Å². The van der Waals surface area contributed by atoms with Crippen molar-refractivity contribution in [3.8, 4) is 0 Å². The molecule has 0 spiro atoms. The molecule has 0 fully saturated rings. The summed E-state index contributed by atoms with van der Waals surface area (Å²) >= 11 is 0. The SMILES string of the molecule is CCn1cc(NC(=O)C(N)(CC)CC)cn1. The summed E-state index contributed by atoms with van der Waals surface area (Å²) in [6.07, 6.45) is 4.67. The summed E-state index contributed by atoms with van der Waals surface area (Å²) in [4.78, 5) is 11.9. The van der Waals surface area contributed by atoms with E-state index in [0.29, 0.717) is 18.5 Å². The first-order valence-corrected chi connectivity index (χ1v) is 5.68. The van der Waals surface area contributed by atoms with Crippen molar-refractivity contribution in [1.29, 1.82) is 0 Å². The number of rotatable bonds is 5. The molecule has 0 atom stereocenters. The highest BCUT2D eigenvalue weighted by atomic mass is 16.2. The number of nitrogens with zero attached hydrogens (tertiary/aromatic N) is 2. The Morgan fingerprint density at radius 3 is 2.56 bits per heavy atom. The number of aryl methyl sites for hydroxylation is 1. The molecule has 0 saturated heterocycles. The van der Waals surface area contributed by atoms with E-state index in [0.717, 1.165) is 6.54 Å². The number of amides is 1. The van der Waals surface area contributed by atoms with Gasteiger partial charge in [0, 0.05) is 12.7 Å². The first-order valence-electron chi connectivity index (χ1n) is 5.68. The first kappa shape index (κ1) is 12.7. The van der Waals surface area contributed by atoms with Crippen LogP contribution in [-0.2, 0) is 11.3 Å². The van der Waals surface area contributed by atoms with Crippen molar-refractivity contribution in [3.63, 3.8) is 0 Å². The van der Waals surface area contributed by atoms with Crippen LogP contribution >= 0.6 is 0 Å². The minimum Gasteiger partial charge on any atom is -0.322 e. The summed E-state index contributed by atoms with van der Waals surface area (Å²) in [6.45, 7) is 6.60. The van der Waals surface area contributed by atoms with Crippen LogP contribution in [0.25, 0.3) is 0 Å². The van der Waals surface area contributed by atoms with Gasteiger partial charge in [-0.2, -0.15) is 5.10 Å². The molecule has 0 aliphatic carbocycles. The van der Waals surface area contributed by atoms with Gasteiger partial charge in [-0.15, -0.1) is 0 Å². The second-order valence-corrected chi connectivity index (χ2v) is 3.90. The molecule has 0 bridgehead atoms. The molecule has 0 saturated carbocycles. The molecule has 5 nitrogen and oxygen atoms in total. The third kappa shape index (κ3) is 2.61. The quantitative estimate of drug-likeness (QED) is 0.793. The highest BCUT2D eigenvalue weighted by molar-refractivity contribution is 5.97. The zero-order valence-electron chi connectivity index (χ0n) is 10.2. The van der Waals surface area contributed by atoms with Crippen LogP contribution in [0.4, 0.5) is 5.69 Å². The smallest absolute Gasteiger partial charge is 0.244 e. The lowest BCUT2D eigenvalue weighted by atomic mass is 9.93. The molecule has 0 unspecified atom stereocenters. The lowest BCUT2D eigenvalue weighted by Gasteiger charge is -2.24. The van der Waals surface area contributed by atoms with Crippen LogP contribution in [0.5, 0.6) is 0 Å². The van der Waals surface area contributed by atoms with E-state index in [2.05, 4.69) is 10.4 Å². The number of hydrogen-bond acceptors (Lipinski definition) is 3. The molecule has 16 heavy (non-hydrogen) atoms. The van der Waals surface area contributed by atoms with Gasteiger partial charge in [-0.25, -0.2) is 0 Å². The Bertz CT molecular complexity index is 355. The van der Waals surface area contributed by atoms with Crippen LogP contribution in [0.1, 0.15) is 33.6 Å². The fraction of sp³-hybridized carbons (Fsp3) is 0.636. The number of aromatic nitrogens is 2. The lowest BCUT2D eigenvalue weighted by Crippen LogP contribution is -2.50. The van der Waals surface area contributed by atoms with Crippen LogP contribution in [0.15, 0.2) is 12.4 Å². The predicted molar refractivity (Wildman–Crippen MR) is 64.0 cm³/mol. The Morgan fingerprint density at radius 1 is 1.50 bits per heavy atom. The Morgan fingerprint density at radius 2 is 2.12 bits per heavy atom. The average molecular weight is 224 g/mol. The van der Waals surface area contributed by atoms with E-state index in [1.54, 1.807) is 17.1 Å². The number of carbonyl (C=O) groups is 1. The molecule has 0 radical (unpaired) electrons. The summed E-state index contributed by atoms with van der Waals surface area (Å²) in [6, 6.07) is 0. The molecule has 1 amide bonds. The van der Waals surface area contributed by atoms with E-state index in [4.69, 9.17) is 5.73 Å². The molecule has 5 heteroatoms. The van der Waals surface area contributed by atoms with Crippen molar-refractivity contribution < 1.29 is 4.79 Å². The Hall–Kier alpha value is -1.36. The van der Waals surface area contributed by atoms with Gasteiger partial charge in [0.05, 0.1) is 17.4 Å². The van der Waals surface area contributed by atoms with Gasteiger partial charge in [0.15, 0.2) is 0 Å². The number of carbonyl (C=O) groups excluding carboxylic acids is 1. The van der Waals surface area contributed by atoms with E-state index in [-0.39, 0.29) is 5.91 Å². The summed E-state index contributed by atoms with van der Waals surface area (Å²) in [5.41, 5.74) is 5.90. The van der Waals surface area contributed by atoms with E-state index in [9.17, 15) is 4.79 Å². The second kappa shape index (κ2) is 5.12.